The molecule has 1 saturated heterocycles. The number of benzene rings is 1. The van der Waals surface area contributed by atoms with Crippen molar-refractivity contribution < 1.29 is 9.13 Å². The second-order valence-electron chi connectivity index (χ2n) is 3.63. The van der Waals surface area contributed by atoms with Crippen LogP contribution >= 0.6 is 0 Å². The third kappa shape index (κ3) is 2.04. The summed E-state index contributed by atoms with van der Waals surface area (Å²) in [4.78, 5) is 2.29. The molecule has 0 bridgehead atoms. The molecular weight excluding hydrogens is 181 g/mol. The lowest BCUT2D eigenvalue weighted by atomic mass is 10.1. The summed E-state index contributed by atoms with van der Waals surface area (Å²) < 4.78 is 18.1. The molecule has 2 nitrogen and oxygen atoms in total. The number of ether oxygens (including phenoxy) is 1. The van der Waals surface area contributed by atoms with E-state index in [2.05, 4.69) is 4.90 Å². The summed E-state index contributed by atoms with van der Waals surface area (Å²) in [5.41, 5.74) is 0.988. The summed E-state index contributed by atoms with van der Waals surface area (Å²) in [5.74, 6) is 0.375. The average molecular weight is 195 g/mol. The predicted octanol–water partition coefficient (Wildman–Crippen LogP) is 2.04. The molecule has 1 aliphatic heterocycles. The maximum absolute atomic E-state index is 13.1. The first-order chi connectivity index (χ1) is 6.78. The Balaban J connectivity index is 2.11. The van der Waals surface area contributed by atoms with Gasteiger partial charge in [0.1, 0.15) is 11.6 Å². The van der Waals surface area contributed by atoms with Gasteiger partial charge in [-0.1, -0.05) is 0 Å². The molecule has 1 aromatic rings. The minimum atomic E-state index is -0.222. The molecule has 1 aliphatic rings. The number of nitrogens with zero attached hydrogens (tertiary/aromatic N) is 1. The van der Waals surface area contributed by atoms with Gasteiger partial charge in [0.25, 0.3) is 0 Å². The zero-order chi connectivity index (χ0) is 9.97. The van der Waals surface area contributed by atoms with E-state index in [9.17, 15) is 4.39 Å². The van der Waals surface area contributed by atoms with Gasteiger partial charge in [-0.2, -0.15) is 0 Å². The smallest absolute Gasteiger partial charge is 0.127 e. The average Bonchev–Trinajstić information content (AvgIpc) is 2.10. The summed E-state index contributed by atoms with van der Waals surface area (Å²) in [6.45, 7) is 3.08. The molecule has 0 aliphatic carbocycles. The van der Waals surface area contributed by atoms with Gasteiger partial charge in [-0.25, -0.2) is 4.39 Å². The van der Waals surface area contributed by atoms with Crippen molar-refractivity contribution >= 4 is 0 Å². The number of hydrogen-bond donors (Lipinski definition) is 0. The van der Waals surface area contributed by atoms with E-state index in [-0.39, 0.29) is 5.82 Å². The number of methoxy groups -OCH3 is 1. The minimum Gasteiger partial charge on any atom is -0.497 e. The third-order valence-corrected chi connectivity index (χ3v) is 2.52. The van der Waals surface area contributed by atoms with Gasteiger partial charge in [0.15, 0.2) is 0 Å². The molecule has 2 rings (SSSR count). The number of halogens is 1. The second kappa shape index (κ2) is 3.96. The molecule has 0 radical (unpaired) electrons. The zero-order valence-corrected chi connectivity index (χ0v) is 8.29. The van der Waals surface area contributed by atoms with Crippen molar-refractivity contribution in [1.29, 1.82) is 0 Å². The predicted molar refractivity (Wildman–Crippen MR) is 52.8 cm³/mol. The summed E-state index contributed by atoms with van der Waals surface area (Å²) >= 11 is 0. The molecule has 0 atom stereocenters. The van der Waals surface area contributed by atoms with E-state index in [0.29, 0.717) is 5.75 Å². The van der Waals surface area contributed by atoms with Crippen LogP contribution in [0.2, 0.25) is 0 Å². The van der Waals surface area contributed by atoms with Crippen LogP contribution in [-0.4, -0.2) is 25.1 Å². The van der Waals surface area contributed by atoms with Gasteiger partial charge in [-0.3, -0.25) is 4.90 Å². The Kier molecular flexibility index (Phi) is 2.68. The van der Waals surface area contributed by atoms with Gasteiger partial charge in [-0.15, -0.1) is 0 Å². The van der Waals surface area contributed by atoms with Crippen molar-refractivity contribution in [2.24, 2.45) is 0 Å². The van der Waals surface area contributed by atoms with E-state index in [1.54, 1.807) is 13.2 Å². The van der Waals surface area contributed by atoms with E-state index < -0.39 is 0 Å². The van der Waals surface area contributed by atoms with Crippen molar-refractivity contribution in [3.8, 4) is 5.75 Å². The molecule has 3 heteroatoms. The number of hydrogen-bond acceptors (Lipinski definition) is 2. The Hall–Kier alpha value is -1.09. The highest BCUT2D eigenvalue weighted by atomic mass is 19.1. The summed E-state index contributed by atoms with van der Waals surface area (Å²) in [7, 11) is 1.56. The van der Waals surface area contributed by atoms with Crippen molar-refractivity contribution in [2.75, 3.05) is 20.2 Å². The monoisotopic (exact) mass is 195 g/mol. The van der Waals surface area contributed by atoms with Crippen LogP contribution in [0.4, 0.5) is 4.39 Å². The van der Waals surface area contributed by atoms with Crippen LogP contribution in [0.25, 0.3) is 0 Å². The van der Waals surface area contributed by atoms with Crippen LogP contribution in [0.15, 0.2) is 18.2 Å². The molecule has 0 amide bonds. The molecule has 1 heterocycles. The molecule has 0 spiro atoms. The van der Waals surface area contributed by atoms with E-state index in [0.717, 1.165) is 25.2 Å². The Morgan fingerprint density at radius 2 is 2.14 bits per heavy atom. The third-order valence-electron chi connectivity index (χ3n) is 2.52. The SMILES string of the molecule is COc1cc(F)cc(CN2CCC2)c1. The Morgan fingerprint density at radius 3 is 2.71 bits per heavy atom. The summed E-state index contributed by atoms with van der Waals surface area (Å²) in [6.07, 6.45) is 1.26. The first-order valence-corrected chi connectivity index (χ1v) is 4.84. The fourth-order valence-electron chi connectivity index (χ4n) is 1.63. The first-order valence-electron chi connectivity index (χ1n) is 4.84. The molecular formula is C11H14FNO. The molecule has 76 valence electrons. The molecule has 1 fully saturated rings. The summed E-state index contributed by atoms with van der Waals surface area (Å²) in [6, 6.07) is 4.86. The van der Waals surface area contributed by atoms with E-state index in [1.807, 2.05) is 6.07 Å². The Labute approximate surface area is 83.3 Å². The lowest BCUT2D eigenvalue weighted by Gasteiger charge is -2.30. The van der Waals surface area contributed by atoms with Gasteiger partial charge >= 0.3 is 0 Å². The van der Waals surface area contributed by atoms with Gasteiger partial charge in [0, 0.05) is 12.6 Å². The van der Waals surface area contributed by atoms with Gasteiger partial charge in [0.2, 0.25) is 0 Å². The largest absolute Gasteiger partial charge is 0.497 e. The molecule has 14 heavy (non-hydrogen) atoms. The van der Waals surface area contributed by atoms with Crippen LogP contribution in [0, 0.1) is 5.82 Å². The lowest BCUT2D eigenvalue weighted by molar-refractivity contribution is 0.172. The topological polar surface area (TPSA) is 12.5 Å². The van der Waals surface area contributed by atoms with Crippen molar-refractivity contribution in [3.63, 3.8) is 0 Å². The standard InChI is InChI=1S/C11H14FNO/c1-14-11-6-9(5-10(12)7-11)8-13-3-2-4-13/h5-7H,2-4,8H2,1H3. The van der Waals surface area contributed by atoms with Crippen LogP contribution in [0.5, 0.6) is 5.75 Å². The maximum atomic E-state index is 13.1. The van der Waals surface area contributed by atoms with Gasteiger partial charge in [-0.05, 0) is 37.2 Å². The van der Waals surface area contributed by atoms with Crippen LogP contribution in [0.1, 0.15) is 12.0 Å². The number of likely N-dealkylation sites (tertiary alicyclic amines) is 1. The quantitative estimate of drug-likeness (QED) is 0.731. The molecule has 0 N–H and O–H groups in total. The maximum Gasteiger partial charge on any atom is 0.127 e. The van der Waals surface area contributed by atoms with Gasteiger partial charge < -0.3 is 4.74 Å². The minimum absolute atomic E-state index is 0.222. The van der Waals surface area contributed by atoms with Crippen molar-refractivity contribution in [1.82, 2.24) is 4.90 Å². The normalized spacial score (nSPS) is 16.4. The highest BCUT2D eigenvalue weighted by Crippen LogP contribution is 2.19. The zero-order valence-electron chi connectivity index (χ0n) is 8.29. The Morgan fingerprint density at radius 1 is 1.36 bits per heavy atom. The molecule has 0 unspecified atom stereocenters. The lowest BCUT2D eigenvalue weighted by Crippen LogP contribution is -2.36. The Bertz CT molecular complexity index is 323. The highest BCUT2D eigenvalue weighted by molar-refractivity contribution is 5.29. The fourth-order valence-corrected chi connectivity index (χ4v) is 1.63. The van der Waals surface area contributed by atoms with E-state index in [4.69, 9.17) is 4.74 Å². The van der Waals surface area contributed by atoms with E-state index >= 15 is 0 Å². The highest BCUT2D eigenvalue weighted by Gasteiger charge is 2.14. The van der Waals surface area contributed by atoms with E-state index in [1.165, 1.54) is 12.5 Å². The molecule has 1 aromatic carbocycles. The van der Waals surface area contributed by atoms with Crippen LogP contribution in [-0.2, 0) is 6.54 Å². The number of rotatable bonds is 3. The molecule has 0 saturated carbocycles. The fraction of sp³-hybridized carbons (Fsp3) is 0.455. The second-order valence-corrected chi connectivity index (χ2v) is 3.63. The van der Waals surface area contributed by atoms with Crippen LogP contribution < -0.4 is 4.74 Å². The van der Waals surface area contributed by atoms with Gasteiger partial charge in [0.05, 0.1) is 7.11 Å². The van der Waals surface area contributed by atoms with Crippen molar-refractivity contribution in [3.05, 3.63) is 29.6 Å². The first kappa shape index (κ1) is 9.46. The molecule has 0 aromatic heterocycles. The van der Waals surface area contributed by atoms with Crippen LogP contribution in [0.3, 0.4) is 0 Å². The van der Waals surface area contributed by atoms with Crippen molar-refractivity contribution in [2.45, 2.75) is 13.0 Å². The summed E-state index contributed by atoms with van der Waals surface area (Å²) in [5, 5.41) is 0.